The van der Waals surface area contributed by atoms with Gasteiger partial charge in [-0.05, 0) is 18.4 Å². The van der Waals surface area contributed by atoms with Crippen LogP contribution in [0.25, 0.3) is 0 Å². The standard InChI is InChI=1S/C17H17ClN2O2S/c1-23-16-5-3-2-4-13(16)17(21)20-9-7-12(11-20)22-15-6-8-19-10-14(15)18/h2-6,8,10,12H,7,9,11H2,1H3. The van der Waals surface area contributed by atoms with Crippen LogP contribution in [0.3, 0.4) is 0 Å². The first-order valence-corrected chi connectivity index (χ1v) is 8.98. The van der Waals surface area contributed by atoms with Gasteiger partial charge in [0.1, 0.15) is 16.9 Å². The number of amides is 1. The molecule has 1 aromatic heterocycles. The minimum atomic E-state index is -0.0414. The van der Waals surface area contributed by atoms with E-state index in [4.69, 9.17) is 16.3 Å². The number of thioether (sulfide) groups is 1. The van der Waals surface area contributed by atoms with E-state index in [9.17, 15) is 4.79 Å². The van der Waals surface area contributed by atoms with Gasteiger partial charge in [0.15, 0.2) is 0 Å². The van der Waals surface area contributed by atoms with Crippen molar-refractivity contribution in [3.63, 3.8) is 0 Å². The Hall–Kier alpha value is -1.72. The predicted molar refractivity (Wildman–Crippen MR) is 92.4 cm³/mol. The zero-order valence-electron chi connectivity index (χ0n) is 12.7. The van der Waals surface area contributed by atoms with Crippen molar-refractivity contribution in [2.75, 3.05) is 19.3 Å². The van der Waals surface area contributed by atoms with Gasteiger partial charge in [-0.2, -0.15) is 0 Å². The van der Waals surface area contributed by atoms with E-state index in [1.807, 2.05) is 35.4 Å². The Balaban J connectivity index is 1.68. The lowest BCUT2D eigenvalue weighted by molar-refractivity contribution is 0.0769. The van der Waals surface area contributed by atoms with Crippen molar-refractivity contribution in [2.24, 2.45) is 0 Å². The van der Waals surface area contributed by atoms with Crippen molar-refractivity contribution >= 4 is 29.3 Å². The molecule has 1 aliphatic rings. The van der Waals surface area contributed by atoms with Crippen molar-refractivity contribution < 1.29 is 9.53 Å². The number of hydrogen-bond donors (Lipinski definition) is 0. The van der Waals surface area contributed by atoms with E-state index in [2.05, 4.69) is 4.98 Å². The zero-order valence-corrected chi connectivity index (χ0v) is 14.3. The second-order valence-electron chi connectivity index (χ2n) is 5.29. The molecule has 1 atom stereocenters. The minimum Gasteiger partial charge on any atom is -0.487 e. The molecule has 1 aliphatic heterocycles. The number of pyridine rings is 1. The van der Waals surface area contributed by atoms with E-state index >= 15 is 0 Å². The van der Waals surface area contributed by atoms with Gasteiger partial charge in [0.05, 0.1) is 12.1 Å². The van der Waals surface area contributed by atoms with Crippen molar-refractivity contribution in [3.8, 4) is 5.75 Å². The average Bonchev–Trinajstić information content (AvgIpc) is 3.05. The number of carbonyl (C=O) groups excluding carboxylic acids is 1. The fourth-order valence-corrected chi connectivity index (χ4v) is 3.39. The van der Waals surface area contributed by atoms with E-state index in [0.717, 1.165) is 16.9 Å². The normalized spacial score (nSPS) is 17.3. The fourth-order valence-electron chi connectivity index (χ4n) is 2.64. The summed E-state index contributed by atoms with van der Waals surface area (Å²) in [4.78, 5) is 19.5. The Kier molecular flexibility index (Phi) is 5.08. The summed E-state index contributed by atoms with van der Waals surface area (Å²) in [6.07, 6.45) is 5.94. The summed E-state index contributed by atoms with van der Waals surface area (Å²) in [7, 11) is 0. The first-order valence-electron chi connectivity index (χ1n) is 7.37. The summed E-state index contributed by atoms with van der Waals surface area (Å²) >= 11 is 7.65. The molecule has 3 rings (SSSR count). The Morgan fingerprint density at radius 1 is 1.39 bits per heavy atom. The van der Waals surface area contributed by atoms with Crippen LogP contribution in [0.2, 0.25) is 5.02 Å². The van der Waals surface area contributed by atoms with Gasteiger partial charge in [-0.1, -0.05) is 23.7 Å². The second-order valence-corrected chi connectivity index (χ2v) is 6.54. The molecule has 0 bridgehead atoms. The van der Waals surface area contributed by atoms with Crippen LogP contribution >= 0.6 is 23.4 Å². The highest BCUT2D eigenvalue weighted by Crippen LogP contribution is 2.27. The van der Waals surface area contributed by atoms with E-state index < -0.39 is 0 Å². The molecule has 23 heavy (non-hydrogen) atoms. The van der Waals surface area contributed by atoms with Crippen molar-refractivity contribution in [1.29, 1.82) is 0 Å². The lowest BCUT2D eigenvalue weighted by atomic mass is 10.2. The summed E-state index contributed by atoms with van der Waals surface area (Å²) in [6.45, 7) is 1.26. The van der Waals surface area contributed by atoms with Crippen LogP contribution in [-0.4, -0.2) is 41.2 Å². The summed E-state index contributed by atoms with van der Waals surface area (Å²) < 4.78 is 5.91. The van der Waals surface area contributed by atoms with Crippen LogP contribution in [0, 0.1) is 0 Å². The minimum absolute atomic E-state index is 0.0414. The molecule has 120 valence electrons. The van der Waals surface area contributed by atoms with Gasteiger partial charge < -0.3 is 9.64 Å². The first kappa shape index (κ1) is 16.1. The third-order valence-corrected chi connectivity index (χ3v) is 4.88. The predicted octanol–water partition coefficient (Wildman–Crippen LogP) is 3.75. The summed E-state index contributed by atoms with van der Waals surface area (Å²) in [5.41, 5.74) is 0.752. The number of ether oxygens (including phenoxy) is 1. The maximum atomic E-state index is 12.7. The van der Waals surface area contributed by atoms with Gasteiger partial charge in [0, 0.05) is 36.3 Å². The van der Waals surface area contributed by atoms with Gasteiger partial charge >= 0.3 is 0 Å². The highest BCUT2D eigenvalue weighted by atomic mass is 35.5. The lowest BCUT2D eigenvalue weighted by Gasteiger charge is -2.18. The summed E-state index contributed by atoms with van der Waals surface area (Å²) in [5, 5.41) is 0.491. The third-order valence-electron chi connectivity index (χ3n) is 3.80. The second kappa shape index (κ2) is 7.23. The maximum Gasteiger partial charge on any atom is 0.255 e. The number of likely N-dealkylation sites (tertiary alicyclic amines) is 1. The van der Waals surface area contributed by atoms with Crippen LogP contribution < -0.4 is 4.74 Å². The molecule has 1 saturated heterocycles. The lowest BCUT2D eigenvalue weighted by Crippen LogP contribution is -2.31. The molecule has 2 aromatic rings. The maximum absolute atomic E-state index is 12.7. The van der Waals surface area contributed by atoms with E-state index in [0.29, 0.717) is 23.9 Å². The molecule has 1 amide bonds. The first-order chi connectivity index (χ1) is 11.2. The SMILES string of the molecule is CSc1ccccc1C(=O)N1CCC(Oc2ccncc2Cl)C1. The number of halogens is 1. The van der Waals surface area contributed by atoms with E-state index in [1.54, 1.807) is 30.2 Å². The van der Waals surface area contributed by atoms with Crippen LogP contribution in [0.1, 0.15) is 16.8 Å². The highest BCUT2D eigenvalue weighted by molar-refractivity contribution is 7.98. The Labute approximate surface area is 144 Å². The molecule has 1 unspecified atom stereocenters. The number of benzene rings is 1. The quantitative estimate of drug-likeness (QED) is 0.789. The number of hydrogen-bond acceptors (Lipinski definition) is 4. The number of aromatic nitrogens is 1. The molecular formula is C17H17ClN2O2S. The molecule has 0 aliphatic carbocycles. The number of nitrogens with zero attached hydrogens (tertiary/aromatic N) is 2. The van der Waals surface area contributed by atoms with Gasteiger partial charge in [-0.25, -0.2) is 0 Å². The molecule has 2 heterocycles. The fraction of sp³-hybridized carbons (Fsp3) is 0.294. The smallest absolute Gasteiger partial charge is 0.255 e. The van der Waals surface area contributed by atoms with Gasteiger partial charge in [-0.3, -0.25) is 9.78 Å². The van der Waals surface area contributed by atoms with Crippen molar-refractivity contribution in [1.82, 2.24) is 9.88 Å². The molecule has 0 N–H and O–H groups in total. The van der Waals surface area contributed by atoms with Crippen molar-refractivity contribution in [3.05, 3.63) is 53.3 Å². The molecule has 1 aromatic carbocycles. The molecule has 0 spiro atoms. The highest BCUT2D eigenvalue weighted by Gasteiger charge is 2.29. The van der Waals surface area contributed by atoms with Gasteiger partial charge in [0.2, 0.25) is 0 Å². The van der Waals surface area contributed by atoms with E-state index in [-0.39, 0.29) is 12.0 Å². The van der Waals surface area contributed by atoms with Gasteiger partial charge in [0.25, 0.3) is 5.91 Å². The van der Waals surface area contributed by atoms with Crippen molar-refractivity contribution in [2.45, 2.75) is 17.4 Å². The van der Waals surface area contributed by atoms with Crippen LogP contribution in [-0.2, 0) is 0 Å². The van der Waals surface area contributed by atoms with Crippen LogP contribution in [0.15, 0.2) is 47.6 Å². The molecule has 0 radical (unpaired) electrons. The summed E-state index contributed by atoms with van der Waals surface area (Å²) in [5.74, 6) is 0.673. The molecule has 4 nitrogen and oxygen atoms in total. The Morgan fingerprint density at radius 3 is 3.00 bits per heavy atom. The van der Waals surface area contributed by atoms with Gasteiger partial charge in [-0.15, -0.1) is 11.8 Å². The summed E-state index contributed by atoms with van der Waals surface area (Å²) in [6, 6.07) is 9.44. The number of carbonyl (C=O) groups is 1. The van der Waals surface area contributed by atoms with Crippen LogP contribution in [0.5, 0.6) is 5.75 Å². The average molecular weight is 349 g/mol. The molecule has 6 heteroatoms. The largest absolute Gasteiger partial charge is 0.487 e. The Morgan fingerprint density at radius 2 is 2.22 bits per heavy atom. The molecule has 0 saturated carbocycles. The number of rotatable bonds is 4. The zero-order chi connectivity index (χ0) is 16.2. The Bertz CT molecular complexity index is 710. The monoisotopic (exact) mass is 348 g/mol. The van der Waals surface area contributed by atoms with E-state index in [1.165, 1.54) is 0 Å². The molecule has 1 fully saturated rings. The van der Waals surface area contributed by atoms with Crippen LogP contribution in [0.4, 0.5) is 0 Å². The molecular weight excluding hydrogens is 332 g/mol. The third kappa shape index (κ3) is 3.62. The topological polar surface area (TPSA) is 42.4 Å².